The molecule has 1 aliphatic rings. The summed E-state index contributed by atoms with van der Waals surface area (Å²) in [5.74, 6) is 2.03. The van der Waals surface area contributed by atoms with E-state index in [-0.39, 0.29) is 26.5 Å². The second kappa shape index (κ2) is 15.1. The zero-order chi connectivity index (χ0) is 41.6. The molecule has 0 unspecified atom stereocenters. The second-order valence-electron chi connectivity index (χ2n) is 17.2. The normalized spacial score (nSPS) is 12.7. The van der Waals surface area contributed by atoms with Crippen molar-refractivity contribution in [3.8, 4) is 23.0 Å². The summed E-state index contributed by atoms with van der Waals surface area (Å²) in [5, 5.41) is 4.40. The van der Waals surface area contributed by atoms with Gasteiger partial charge in [-0.1, -0.05) is 122 Å². The van der Waals surface area contributed by atoms with Crippen LogP contribution in [-0.4, -0.2) is 14.1 Å². The summed E-state index contributed by atoms with van der Waals surface area (Å²) in [6.07, 6.45) is 1.91. The first-order chi connectivity index (χ1) is 29.6. The first-order valence-electron chi connectivity index (χ1n) is 20.9. The van der Waals surface area contributed by atoms with E-state index in [9.17, 15) is 0 Å². The first kappa shape index (κ1) is 39.5. The van der Waals surface area contributed by atoms with Crippen molar-refractivity contribution in [1.29, 1.82) is 0 Å². The van der Waals surface area contributed by atoms with Crippen molar-refractivity contribution in [1.82, 2.24) is 14.1 Å². The molecule has 0 bridgehead atoms. The van der Waals surface area contributed by atoms with E-state index in [4.69, 9.17) is 9.72 Å². The summed E-state index contributed by atoms with van der Waals surface area (Å²) in [6, 6.07) is 59.0. The molecule has 0 aliphatic carbocycles. The number of hydrogen-bond donors (Lipinski definition) is 0. The van der Waals surface area contributed by atoms with E-state index in [0.717, 1.165) is 72.2 Å². The van der Waals surface area contributed by atoms with Crippen molar-refractivity contribution < 1.29 is 25.8 Å². The summed E-state index contributed by atoms with van der Waals surface area (Å²) in [7, 11) is 0. The molecule has 0 spiro atoms. The largest absolute Gasteiger partial charge is 0.507 e. The Morgan fingerprint density at radius 3 is 1.94 bits per heavy atom. The van der Waals surface area contributed by atoms with Crippen molar-refractivity contribution in [2.24, 2.45) is 0 Å². The maximum atomic E-state index is 7.19. The second-order valence-corrected chi connectivity index (χ2v) is 17.2. The van der Waals surface area contributed by atoms with Crippen molar-refractivity contribution >= 4 is 66.4 Å². The fourth-order valence-corrected chi connectivity index (χ4v) is 9.35. The smallest absolute Gasteiger partial charge is 0.135 e. The number of aromatic nitrogens is 3. The summed E-state index contributed by atoms with van der Waals surface area (Å²) in [4.78, 5) is 9.47. The Hall–Kier alpha value is -6.62. The van der Waals surface area contributed by atoms with Crippen molar-refractivity contribution in [3.05, 3.63) is 193 Å². The Balaban J connectivity index is 0.00000458. The molecule has 7 heteroatoms. The Bertz CT molecular complexity index is 3330. The number of rotatable bonds is 6. The number of anilines is 4. The molecule has 0 saturated carbocycles. The molecule has 4 heterocycles. The molecule has 0 saturated heterocycles. The molecule has 11 rings (SSSR count). The van der Waals surface area contributed by atoms with E-state index in [1.54, 1.807) is 0 Å². The third-order valence-electron chi connectivity index (χ3n) is 12.0. The van der Waals surface area contributed by atoms with Crippen LogP contribution >= 0.6 is 0 Å². The number of fused-ring (bicyclic) bond motifs is 7. The van der Waals surface area contributed by atoms with Gasteiger partial charge in [0.25, 0.3) is 0 Å². The van der Waals surface area contributed by atoms with Crippen LogP contribution in [0.1, 0.15) is 43.0 Å². The van der Waals surface area contributed by atoms with Gasteiger partial charge in [0.15, 0.2) is 0 Å². The summed E-state index contributed by atoms with van der Waals surface area (Å²) >= 11 is 0. The predicted molar refractivity (Wildman–Crippen MR) is 251 cm³/mol. The van der Waals surface area contributed by atoms with Crippen LogP contribution in [-0.2, 0) is 26.5 Å². The Morgan fingerprint density at radius 2 is 1.23 bits per heavy atom. The van der Waals surface area contributed by atoms with E-state index in [0.29, 0.717) is 11.5 Å². The minimum Gasteiger partial charge on any atom is -0.507 e. The zero-order valence-corrected chi connectivity index (χ0v) is 37.7. The number of para-hydroxylation sites is 5. The fraction of sp³-hybridized carbons (Fsp3) is 0.127. The average molecular weight is 986 g/mol. The summed E-state index contributed by atoms with van der Waals surface area (Å²) in [6.45, 7) is 15.4. The first-order valence-corrected chi connectivity index (χ1v) is 20.9. The molecule has 0 radical (unpaired) electrons. The SMILES string of the molecule is Cc1cc(C)c(N2[CH-]N(c3[c-]c(Oc4[c-]c5c(cc4)c4ccccc4n5-c4cc(C(C)(C)C)ccn4)c4c(c3)c3ccccc3n4-c3ccccc3)c3ccccc32)c(C)c1.[Pt]. The van der Waals surface area contributed by atoms with Crippen LogP contribution in [0.25, 0.3) is 55.1 Å². The summed E-state index contributed by atoms with van der Waals surface area (Å²) in [5.41, 5.74) is 14.1. The molecular weight excluding hydrogens is 942 g/mol. The molecule has 1 aliphatic heterocycles. The van der Waals surface area contributed by atoms with Gasteiger partial charge in [-0.3, -0.25) is 0 Å². The molecule has 308 valence electrons. The van der Waals surface area contributed by atoms with Gasteiger partial charge in [0.05, 0.1) is 0 Å². The van der Waals surface area contributed by atoms with E-state index >= 15 is 0 Å². The molecule has 6 nitrogen and oxygen atoms in total. The Morgan fingerprint density at radius 1 is 0.597 bits per heavy atom. The van der Waals surface area contributed by atoms with Gasteiger partial charge in [-0.2, -0.15) is 6.07 Å². The molecule has 0 N–H and O–H groups in total. The minimum absolute atomic E-state index is 0. The maximum absolute atomic E-state index is 7.19. The number of aryl methyl sites for hydroxylation is 3. The van der Waals surface area contributed by atoms with Gasteiger partial charge >= 0.3 is 0 Å². The van der Waals surface area contributed by atoms with Crippen LogP contribution in [0.2, 0.25) is 0 Å². The number of benzene rings is 7. The number of hydrogen-bond acceptors (Lipinski definition) is 4. The molecule has 62 heavy (non-hydrogen) atoms. The van der Waals surface area contributed by atoms with Gasteiger partial charge in [0.1, 0.15) is 5.82 Å². The molecule has 7 aromatic carbocycles. The van der Waals surface area contributed by atoms with E-state index in [1.807, 2.05) is 12.3 Å². The third kappa shape index (κ3) is 6.39. The standard InChI is InChI=1S/C55H44N5O.Pt/c1-35-28-36(2)53(37(3)29-35)58-34-57(48-22-14-15-23-49(48)58)40-31-45-43-19-11-12-20-46(43)59(39-16-8-7-9-17-39)54(45)51(32-40)61-41-24-25-44-42-18-10-13-21-47(42)60(50(44)33-41)52-30-38(26-27-56-52)55(4,5)6;/h7-31,34H,1-6H3;/q-3;. The van der Waals surface area contributed by atoms with Gasteiger partial charge in [-0.15, -0.1) is 36.3 Å². The van der Waals surface area contributed by atoms with Crippen LogP contribution in [0.15, 0.2) is 152 Å². The van der Waals surface area contributed by atoms with E-state index in [2.05, 4.69) is 219 Å². The van der Waals surface area contributed by atoms with Crippen LogP contribution in [0.5, 0.6) is 11.5 Å². The summed E-state index contributed by atoms with van der Waals surface area (Å²) < 4.78 is 11.7. The molecule has 3 aromatic heterocycles. The van der Waals surface area contributed by atoms with Crippen LogP contribution in [0, 0.1) is 39.6 Å². The van der Waals surface area contributed by atoms with E-state index in [1.165, 1.54) is 27.9 Å². The topological polar surface area (TPSA) is 38.5 Å². The molecular formula is C55H44N5OPt-3. The molecule has 0 atom stereocenters. The molecule has 0 amide bonds. The number of pyridine rings is 1. The fourth-order valence-electron chi connectivity index (χ4n) is 9.35. The van der Waals surface area contributed by atoms with E-state index < -0.39 is 0 Å². The number of ether oxygens (including phenoxy) is 1. The van der Waals surface area contributed by atoms with Gasteiger partial charge in [0, 0.05) is 72.5 Å². The number of nitrogens with zero attached hydrogens (tertiary/aromatic N) is 5. The van der Waals surface area contributed by atoms with Crippen molar-refractivity contribution in [3.63, 3.8) is 0 Å². The monoisotopic (exact) mass is 985 g/mol. The van der Waals surface area contributed by atoms with Gasteiger partial charge < -0.3 is 23.7 Å². The van der Waals surface area contributed by atoms with Crippen molar-refractivity contribution in [2.45, 2.75) is 47.0 Å². The Kier molecular flexibility index (Phi) is 9.61. The molecule has 10 aromatic rings. The average Bonchev–Trinajstić information content (AvgIpc) is 3.91. The molecule has 0 fully saturated rings. The predicted octanol–water partition coefficient (Wildman–Crippen LogP) is 14.3. The van der Waals surface area contributed by atoms with Crippen LogP contribution in [0.3, 0.4) is 0 Å². The van der Waals surface area contributed by atoms with Gasteiger partial charge in [-0.05, 0) is 108 Å². The maximum Gasteiger partial charge on any atom is 0.135 e. The Labute approximate surface area is 376 Å². The zero-order valence-electron chi connectivity index (χ0n) is 35.5. The minimum atomic E-state index is -0.0417. The van der Waals surface area contributed by atoms with Crippen LogP contribution < -0.4 is 14.5 Å². The van der Waals surface area contributed by atoms with Gasteiger partial charge in [-0.25, -0.2) is 4.98 Å². The third-order valence-corrected chi connectivity index (χ3v) is 12.0. The van der Waals surface area contributed by atoms with Crippen molar-refractivity contribution in [2.75, 3.05) is 9.80 Å². The van der Waals surface area contributed by atoms with Crippen LogP contribution in [0.4, 0.5) is 22.7 Å². The quantitative estimate of drug-likeness (QED) is 0.156. The van der Waals surface area contributed by atoms with Gasteiger partial charge in [0.2, 0.25) is 0 Å².